The van der Waals surface area contributed by atoms with E-state index < -0.39 is 10.0 Å². The third-order valence-electron chi connectivity index (χ3n) is 4.12. The zero-order chi connectivity index (χ0) is 14.9. The van der Waals surface area contributed by atoms with E-state index in [1.165, 1.54) is 16.4 Å². The van der Waals surface area contributed by atoms with Gasteiger partial charge in [-0.25, -0.2) is 8.42 Å². The second-order valence-corrected chi connectivity index (χ2v) is 7.34. The first-order valence-corrected chi connectivity index (χ1v) is 8.50. The van der Waals surface area contributed by atoms with Crippen LogP contribution >= 0.6 is 0 Å². The smallest absolute Gasteiger partial charge is 0.243 e. The van der Waals surface area contributed by atoms with Gasteiger partial charge in [-0.3, -0.25) is 4.90 Å². The molecule has 2 aliphatic rings. The molecule has 3 rings (SSSR count). The molecule has 1 aromatic carbocycles. The fourth-order valence-corrected chi connectivity index (χ4v) is 4.26. The Kier molecular flexibility index (Phi) is 3.95. The number of piperazine rings is 1. The number of sulfonamides is 1. The van der Waals surface area contributed by atoms with Crippen molar-refractivity contribution in [3.8, 4) is 6.07 Å². The summed E-state index contributed by atoms with van der Waals surface area (Å²) in [4.78, 5) is 2.61. The van der Waals surface area contributed by atoms with Crippen molar-refractivity contribution in [3.63, 3.8) is 0 Å². The maximum Gasteiger partial charge on any atom is 0.243 e. The molecule has 2 fully saturated rings. The van der Waals surface area contributed by atoms with Gasteiger partial charge in [0, 0.05) is 45.3 Å². The van der Waals surface area contributed by atoms with Crippen LogP contribution in [0.4, 0.5) is 0 Å². The van der Waals surface area contributed by atoms with Crippen molar-refractivity contribution in [2.45, 2.75) is 10.9 Å². The third kappa shape index (κ3) is 2.80. The van der Waals surface area contributed by atoms with Crippen LogP contribution in [0.25, 0.3) is 0 Å². The van der Waals surface area contributed by atoms with Crippen LogP contribution < -0.4 is 5.32 Å². The second-order valence-electron chi connectivity index (χ2n) is 5.40. The molecule has 1 aromatic rings. The first-order valence-electron chi connectivity index (χ1n) is 7.06. The van der Waals surface area contributed by atoms with Gasteiger partial charge in [0.25, 0.3) is 0 Å². The molecule has 0 amide bonds. The van der Waals surface area contributed by atoms with E-state index in [1.807, 2.05) is 6.07 Å². The minimum absolute atomic E-state index is 0.264. The highest BCUT2D eigenvalue weighted by molar-refractivity contribution is 7.89. The molecule has 0 unspecified atom stereocenters. The van der Waals surface area contributed by atoms with Gasteiger partial charge in [0.2, 0.25) is 10.0 Å². The summed E-state index contributed by atoms with van der Waals surface area (Å²) in [6, 6.07) is 8.42. The van der Waals surface area contributed by atoms with Gasteiger partial charge >= 0.3 is 0 Å². The van der Waals surface area contributed by atoms with Crippen LogP contribution in [0.2, 0.25) is 0 Å². The molecule has 0 spiro atoms. The average Bonchev–Trinajstić information content (AvgIpc) is 2.46. The molecule has 0 radical (unpaired) electrons. The molecule has 7 heteroatoms. The number of nitriles is 1. The Morgan fingerprint density at radius 2 is 1.76 bits per heavy atom. The van der Waals surface area contributed by atoms with Crippen molar-refractivity contribution >= 4 is 10.0 Å². The van der Waals surface area contributed by atoms with E-state index in [0.717, 1.165) is 26.2 Å². The number of hydrogen-bond acceptors (Lipinski definition) is 5. The van der Waals surface area contributed by atoms with Gasteiger partial charge in [0.1, 0.15) is 0 Å². The Morgan fingerprint density at radius 3 is 2.33 bits per heavy atom. The van der Waals surface area contributed by atoms with Crippen LogP contribution in [-0.2, 0) is 10.0 Å². The molecule has 0 aliphatic carbocycles. The van der Waals surface area contributed by atoms with E-state index in [4.69, 9.17) is 5.26 Å². The van der Waals surface area contributed by atoms with Crippen molar-refractivity contribution in [3.05, 3.63) is 29.8 Å². The van der Waals surface area contributed by atoms with Gasteiger partial charge in [0.15, 0.2) is 0 Å². The topological polar surface area (TPSA) is 76.4 Å². The quantitative estimate of drug-likeness (QED) is 0.839. The Morgan fingerprint density at radius 1 is 1.14 bits per heavy atom. The molecule has 0 atom stereocenters. The average molecular weight is 306 g/mol. The minimum Gasteiger partial charge on any atom is -0.314 e. The number of benzene rings is 1. The zero-order valence-electron chi connectivity index (χ0n) is 11.7. The summed E-state index contributed by atoms with van der Waals surface area (Å²) in [5.74, 6) is 0. The lowest BCUT2D eigenvalue weighted by Crippen LogP contribution is -2.63. The second kappa shape index (κ2) is 5.73. The number of nitrogens with zero attached hydrogens (tertiary/aromatic N) is 3. The van der Waals surface area contributed by atoms with Crippen LogP contribution in [-0.4, -0.2) is 62.9 Å². The monoisotopic (exact) mass is 306 g/mol. The number of nitrogens with one attached hydrogen (secondary N) is 1. The minimum atomic E-state index is -3.42. The first-order chi connectivity index (χ1) is 10.1. The molecule has 112 valence electrons. The summed E-state index contributed by atoms with van der Waals surface area (Å²) >= 11 is 0. The number of rotatable bonds is 3. The highest BCUT2D eigenvalue weighted by Crippen LogP contribution is 2.24. The Bertz CT molecular complexity index is 639. The van der Waals surface area contributed by atoms with Gasteiger partial charge in [-0.2, -0.15) is 9.57 Å². The van der Waals surface area contributed by atoms with E-state index in [0.29, 0.717) is 24.7 Å². The summed E-state index contributed by atoms with van der Waals surface area (Å²) in [6.07, 6.45) is 0. The first kappa shape index (κ1) is 14.5. The standard InChI is InChI=1S/C14H18N4O2S/c15-9-12-1-3-14(4-2-12)21(19,20)18-10-13(11-18)17-7-5-16-6-8-17/h1-4,13,16H,5-8,10-11H2. The SMILES string of the molecule is N#Cc1ccc(S(=O)(=O)N2CC(N3CCNCC3)C2)cc1. The van der Waals surface area contributed by atoms with Crippen LogP contribution in [0, 0.1) is 11.3 Å². The van der Waals surface area contributed by atoms with E-state index in [1.54, 1.807) is 12.1 Å². The highest BCUT2D eigenvalue weighted by Gasteiger charge is 2.39. The van der Waals surface area contributed by atoms with Crippen LogP contribution in [0.5, 0.6) is 0 Å². The van der Waals surface area contributed by atoms with Crippen molar-refractivity contribution in [2.24, 2.45) is 0 Å². The lowest BCUT2D eigenvalue weighted by molar-refractivity contribution is 0.0773. The van der Waals surface area contributed by atoms with E-state index in [-0.39, 0.29) is 4.90 Å². The fourth-order valence-electron chi connectivity index (χ4n) is 2.74. The van der Waals surface area contributed by atoms with Crippen molar-refractivity contribution in [1.82, 2.24) is 14.5 Å². The summed E-state index contributed by atoms with van der Waals surface area (Å²) in [7, 11) is -3.42. The van der Waals surface area contributed by atoms with Crippen molar-refractivity contribution in [1.29, 1.82) is 5.26 Å². The molecule has 6 nitrogen and oxygen atoms in total. The molecule has 2 aliphatic heterocycles. The predicted octanol–water partition coefficient (Wildman–Crippen LogP) is -0.164. The van der Waals surface area contributed by atoms with Crippen LogP contribution in [0.15, 0.2) is 29.2 Å². The molecule has 0 aromatic heterocycles. The number of hydrogen-bond donors (Lipinski definition) is 1. The largest absolute Gasteiger partial charge is 0.314 e. The van der Waals surface area contributed by atoms with Gasteiger partial charge in [-0.05, 0) is 24.3 Å². The Balaban J connectivity index is 1.65. The zero-order valence-corrected chi connectivity index (χ0v) is 12.5. The molecular weight excluding hydrogens is 288 g/mol. The van der Waals surface area contributed by atoms with Crippen LogP contribution in [0.1, 0.15) is 5.56 Å². The summed E-state index contributed by atoms with van der Waals surface area (Å²) in [6.45, 7) is 5.02. The summed E-state index contributed by atoms with van der Waals surface area (Å²) in [5.41, 5.74) is 0.469. The van der Waals surface area contributed by atoms with Crippen molar-refractivity contribution in [2.75, 3.05) is 39.3 Å². The molecular formula is C14H18N4O2S. The molecule has 21 heavy (non-hydrogen) atoms. The molecule has 2 heterocycles. The van der Waals surface area contributed by atoms with Gasteiger partial charge in [-0.1, -0.05) is 0 Å². The van der Waals surface area contributed by atoms with Gasteiger partial charge in [-0.15, -0.1) is 0 Å². The van der Waals surface area contributed by atoms with E-state index in [2.05, 4.69) is 10.2 Å². The normalized spacial score (nSPS) is 21.7. The maximum atomic E-state index is 12.5. The predicted molar refractivity (Wildman–Crippen MR) is 78.1 cm³/mol. The van der Waals surface area contributed by atoms with Crippen molar-refractivity contribution < 1.29 is 8.42 Å². The van der Waals surface area contributed by atoms with Gasteiger partial charge in [0.05, 0.1) is 16.5 Å². The molecule has 0 bridgehead atoms. The lowest BCUT2D eigenvalue weighted by atomic mass is 10.1. The Labute approximate surface area is 125 Å². The van der Waals surface area contributed by atoms with E-state index >= 15 is 0 Å². The highest BCUT2D eigenvalue weighted by atomic mass is 32.2. The van der Waals surface area contributed by atoms with E-state index in [9.17, 15) is 8.42 Å². The Hall–Kier alpha value is -1.46. The maximum absolute atomic E-state index is 12.5. The van der Waals surface area contributed by atoms with Crippen LogP contribution in [0.3, 0.4) is 0 Å². The van der Waals surface area contributed by atoms with Gasteiger partial charge < -0.3 is 5.32 Å². The molecule has 2 saturated heterocycles. The lowest BCUT2D eigenvalue weighted by Gasteiger charge is -2.45. The third-order valence-corrected chi connectivity index (χ3v) is 5.96. The molecule has 0 saturated carbocycles. The summed E-state index contributed by atoms with van der Waals surface area (Å²) in [5, 5.41) is 12.1. The molecule has 1 N–H and O–H groups in total. The summed E-state index contributed by atoms with van der Waals surface area (Å²) < 4.78 is 26.4. The fraction of sp³-hybridized carbons (Fsp3) is 0.500.